The lowest BCUT2D eigenvalue weighted by Gasteiger charge is -1.99. The Labute approximate surface area is 90.3 Å². The molecule has 0 aliphatic rings. The van der Waals surface area contributed by atoms with Gasteiger partial charge in [0.2, 0.25) is 0 Å². The molecule has 0 aromatic heterocycles. The summed E-state index contributed by atoms with van der Waals surface area (Å²) < 4.78 is 0. The number of hydrogen-bond donors (Lipinski definition) is 1. The molecule has 0 aliphatic heterocycles. The minimum absolute atomic E-state index is 0.203. The Morgan fingerprint density at radius 3 is 2.40 bits per heavy atom. The molecule has 0 heterocycles. The smallest absolute Gasteiger partial charge is 0.303 e. The van der Waals surface area contributed by atoms with E-state index in [1.54, 1.807) is 0 Å². The van der Waals surface area contributed by atoms with Crippen LogP contribution < -0.4 is 0 Å². The summed E-state index contributed by atoms with van der Waals surface area (Å²) in [6, 6.07) is 8.19. The number of rotatable bonds is 4. The molecule has 0 saturated heterocycles. The van der Waals surface area contributed by atoms with Gasteiger partial charge in [0, 0.05) is 6.42 Å². The van der Waals surface area contributed by atoms with Crippen LogP contribution in [0, 0.1) is 6.92 Å². The van der Waals surface area contributed by atoms with Crippen LogP contribution in [0.2, 0.25) is 0 Å². The molecule has 0 atom stereocenters. The van der Waals surface area contributed by atoms with Gasteiger partial charge in [-0.05, 0) is 25.8 Å². The predicted octanol–water partition coefficient (Wildman–Crippen LogP) is 3.26. The highest BCUT2D eigenvalue weighted by Gasteiger charge is 1.97. The van der Waals surface area contributed by atoms with Gasteiger partial charge in [-0.15, -0.1) is 0 Å². The number of hydrogen-bond acceptors (Lipinski definition) is 1. The van der Waals surface area contributed by atoms with Crippen molar-refractivity contribution in [3.8, 4) is 0 Å². The molecule has 1 N–H and O–H groups in total. The molecule has 1 aromatic rings. The normalized spacial score (nSPS) is 11.5. The number of allylic oxidation sites excluding steroid dienone is 1. The van der Waals surface area contributed by atoms with Crippen LogP contribution in [0.15, 0.2) is 29.8 Å². The molecule has 0 bridgehead atoms. The number of aryl methyl sites for hydroxylation is 1. The van der Waals surface area contributed by atoms with Crippen LogP contribution in [-0.2, 0) is 4.79 Å². The monoisotopic (exact) mass is 204 g/mol. The van der Waals surface area contributed by atoms with Crippen molar-refractivity contribution in [2.45, 2.75) is 26.7 Å². The van der Waals surface area contributed by atoms with Crippen molar-refractivity contribution in [2.24, 2.45) is 0 Å². The molecule has 0 fully saturated rings. The maximum atomic E-state index is 10.4. The molecule has 15 heavy (non-hydrogen) atoms. The highest BCUT2D eigenvalue weighted by atomic mass is 16.4. The first-order valence-electron chi connectivity index (χ1n) is 5.03. The molecular weight excluding hydrogens is 188 g/mol. The van der Waals surface area contributed by atoms with E-state index >= 15 is 0 Å². The summed E-state index contributed by atoms with van der Waals surface area (Å²) in [5, 5.41) is 8.54. The summed E-state index contributed by atoms with van der Waals surface area (Å²) in [7, 11) is 0. The molecule has 0 amide bonds. The van der Waals surface area contributed by atoms with Gasteiger partial charge in [-0.2, -0.15) is 0 Å². The Morgan fingerprint density at radius 2 is 1.87 bits per heavy atom. The first-order valence-corrected chi connectivity index (χ1v) is 5.03. The van der Waals surface area contributed by atoms with Crippen molar-refractivity contribution in [3.05, 3.63) is 41.0 Å². The summed E-state index contributed by atoms with van der Waals surface area (Å²) in [6.07, 6.45) is 2.85. The molecule has 0 spiro atoms. The van der Waals surface area contributed by atoms with Crippen LogP contribution in [0.3, 0.4) is 0 Å². The fraction of sp³-hybridized carbons (Fsp3) is 0.308. The molecular formula is C13H16O2. The van der Waals surface area contributed by atoms with E-state index in [1.165, 1.54) is 5.56 Å². The molecule has 0 saturated carbocycles. The number of carboxylic acids is 1. The third-order valence-electron chi connectivity index (χ3n) is 2.22. The van der Waals surface area contributed by atoms with E-state index in [0.29, 0.717) is 6.42 Å². The van der Waals surface area contributed by atoms with Gasteiger partial charge < -0.3 is 5.11 Å². The zero-order valence-corrected chi connectivity index (χ0v) is 9.16. The zero-order valence-electron chi connectivity index (χ0n) is 9.16. The standard InChI is InChI=1S/C13H16O2/c1-10-3-6-12(7-4-10)9-11(2)5-8-13(14)15/h3-4,6-7,9H,5,8H2,1-2H3,(H,14,15). The van der Waals surface area contributed by atoms with Crippen LogP contribution in [0.1, 0.15) is 30.9 Å². The second-order valence-corrected chi connectivity index (χ2v) is 3.80. The third-order valence-corrected chi connectivity index (χ3v) is 2.22. The topological polar surface area (TPSA) is 37.3 Å². The van der Waals surface area contributed by atoms with Crippen molar-refractivity contribution >= 4 is 12.0 Å². The second kappa shape index (κ2) is 5.35. The minimum Gasteiger partial charge on any atom is -0.481 e. The minimum atomic E-state index is -0.744. The van der Waals surface area contributed by atoms with Gasteiger partial charge in [-0.3, -0.25) is 4.79 Å². The van der Waals surface area contributed by atoms with E-state index in [1.807, 2.05) is 32.1 Å². The Balaban J connectivity index is 2.62. The Bertz CT molecular complexity index is 361. The fourth-order valence-electron chi connectivity index (χ4n) is 1.32. The van der Waals surface area contributed by atoms with Gasteiger partial charge >= 0.3 is 5.97 Å². The highest BCUT2D eigenvalue weighted by Crippen LogP contribution is 2.11. The van der Waals surface area contributed by atoms with Gasteiger partial charge in [0.15, 0.2) is 0 Å². The quantitative estimate of drug-likeness (QED) is 0.817. The van der Waals surface area contributed by atoms with E-state index in [9.17, 15) is 4.79 Å². The van der Waals surface area contributed by atoms with E-state index < -0.39 is 5.97 Å². The van der Waals surface area contributed by atoms with Crippen molar-refractivity contribution in [1.82, 2.24) is 0 Å². The summed E-state index contributed by atoms with van der Waals surface area (Å²) in [6.45, 7) is 4.01. The van der Waals surface area contributed by atoms with Crippen molar-refractivity contribution in [2.75, 3.05) is 0 Å². The summed E-state index contributed by atoms with van der Waals surface area (Å²) in [5.74, 6) is -0.744. The number of carbonyl (C=O) groups is 1. The molecule has 0 radical (unpaired) electrons. The van der Waals surface area contributed by atoms with Crippen molar-refractivity contribution in [1.29, 1.82) is 0 Å². The zero-order chi connectivity index (χ0) is 11.3. The van der Waals surface area contributed by atoms with Crippen molar-refractivity contribution in [3.63, 3.8) is 0 Å². The average molecular weight is 204 g/mol. The summed E-state index contributed by atoms with van der Waals surface area (Å²) in [4.78, 5) is 10.4. The largest absolute Gasteiger partial charge is 0.481 e. The highest BCUT2D eigenvalue weighted by molar-refractivity contribution is 5.67. The van der Waals surface area contributed by atoms with Crippen LogP contribution in [0.25, 0.3) is 6.08 Å². The van der Waals surface area contributed by atoms with Crippen LogP contribution in [0.4, 0.5) is 0 Å². The summed E-state index contributed by atoms with van der Waals surface area (Å²) >= 11 is 0. The molecule has 1 rings (SSSR count). The fourth-order valence-corrected chi connectivity index (χ4v) is 1.32. The molecule has 2 nitrogen and oxygen atoms in total. The average Bonchev–Trinajstić information content (AvgIpc) is 2.19. The lowest BCUT2D eigenvalue weighted by Crippen LogP contribution is -1.94. The van der Waals surface area contributed by atoms with Crippen LogP contribution >= 0.6 is 0 Å². The Kier molecular flexibility index (Phi) is 4.10. The number of benzene rings is 1. The van der Waals surface area contributed by atoms with E-state index in [-0.39, 0.29) is 6.42 Å². The molecule has 2 heteroatoms. The Hall–Kier alpha value is -1.57. The van der Waals surface area contributed by atoms with Gasteiger partial charge in [0.1, 0.15) is 0 Å². The lowest BCUT2D eigenvalue weighted by atomic mass is 10.1. The molecule has 1 aromatic carbocycles. The van der Waals surface area contributed by atoms with Crippen LogP contribution in [-0.4, -0.2) is 11.1 Å². The first kappa shape index (κ1) is 11.5. The SMILES string of the molecule is CC(=Cc1ccc(C)cc1)CCC(=O)O. The summed E-state index contributed by atoms with van der Waals surface area (Å²) in [5.41, 5.74) is 3.46. The maximum absolute atomic E-state index is 10.4. The van der Waals surface area contributed by atoms with Crippen molar-refractivity contribution < 1.29 is 9.90 Å². The van der Waals surface area contributed by atoms with Gasteiger partial charge in [0.25, 0.3) is 0 Å². The van der Waals surface area contributed by atoms with Crippen LogP contribution in [0.5, 0.6) is 0 Å². The molecule has 0 unspecified atom stereocenters. The third kappa shape index (κ3) is 4.45. The maximum Gasteiger partial charge on any atom is 0.303 e. The van der Waals surface area contributed by atoms with E-state index in [0.717, 1.165) is 11.1 Å². The molecule has 0 aliphatic carbocycles. The number of carboxylic acid groups (broad SMARTS) is 1. The molecule has 80 valence electrons. The first-order chi connectivity index (χ1) is 7.08. The van der Waals surface area contributed by atoms with Gasteiger partial charge in [0.05, 0.1) is 0 Å². The number of aliphatic carboxylic acids is 1. The predicted molar refractivity (Wildman–Crippen MR) is 61.7 cm³/mol. The second-order valence-electron chi connectivity index (χ2n) is 3.80. The lowest BCUT2D eigenvalue weighted by molar-refractivity contribution is -0.136. The Morgan fingerprint density at radius 1 is 1.27 bits per heavy atom. The van der Waals surface area contributed by atoms with E-state index in [4.69, 9.17) is 5.11 Å². The van der Waals surface area contributed by atoms with E-state index in [2.05, 4.69) is 12.1 Å². The van der Waals surface area contributed by atoms with Gasteiger partial charge in [-0.25, -0.2) is 0 Å². The van der Waals surface area contributed by atoms with Gasteiger partial charge in [-0.1, -0.05) is 41.5 Å².